The van der Waals surface area contributed by atoms with Gasteiger partial charge in [0.1, 0.15) is 0 Å². The van der Waals surface area contributed by atoms with Crippen molar-refractivity contribution in [2.45, 2.75) is 51.4 Å². The van der Waals surface area contributed by atoms with Crippen LogP contribution in [0, 0.1) is 0 Å². The maximum atomic E-state index is 9.23. The summed E-state index contributed by atoms with van der Waals surface area (Å²) in [5.41, 5.74) is 5.22. The number of hydrogen-bond donors (Lipinski definition) is 1. The van der Waals surface area contributed by atoms with Gasteiger partial charge in [-0.2, -0.15) is 0 Å². The molecule has 0 saturated heterocycles. The second kappa shape index (κ2) is 4.24. The Bertz CT molecular complexity index is 480. The molecule has 1 heteroatoms. The SMILES string of the molecule is C=C(CO)c1ccc2c(c1)C(C)(C)CCC2(C)C. The van der Waals surface area contributed by atoms with Gasteiger partial charge in [0.05, 0.1) is 6.61 Å². The quantitative estimate of drug-likeness (QED) is 0.832. The van der Waals surface area contributed by atoms with Crippen molar-refractivity contribution >= 4 is 5.57 Å². The molecule has 0 fully saturated rings. The van der Waals surface area contributed by atoms with Crippen LogP contribution in [0.5, 0.6) is 0 Å². The summed E-state index contributed by atoms with van der Waals surface area (Å²) < 4.78 is 0. The predicted molar refractivity (Wildman–Crippen MR) is 77.8 cm³/mol. The number of rotatable bonds is 2. The molecule has 1 aliphatic rings. The van der Waals surface area contributed by atoms with Crippen molar-refractivity contribution in [1.82, 2.24) is 0 Å². The van der Waals surface area contributed by atoms with Gasteiger partial charge in [0.15, 0.2) is 0 Å². The van der Waals surface area contributed by atoms with Gasteiger partial charge in [0.2, 0.25) is 0 Å². The van der Waals surface area contributed by atoms with Gasteiger partial charge in [-0.15, -0.1) is 0 Å². The lowest BCUT2D eigenvalue weighted by atomic mass is 9.63. The molecule has 0 aliphatic heterocycles. The van der Waals surface area contributed by atoms with Gasteiger partial charge in [-0.25, -0.2) is 0 Å². The van der Waals surface area contributed by atoms with Crippen molar-refractivity contribution in [3.05, 3.63) is 41.5 Å². The smallest absolute Gasteiger partial charge is 0.0681 e. The van der Waals surface area contributed by atoms with E-state index in [1.807, 2.05) is 0 Å². The van der Waals surface area contributed by atoms with Crippen molar-refractivity contribution < 1.29 is 5.11 Å². The van der Waals surface area contributed by atoms with E-state index in [1.54, 1.807) is 0 Å². The summed E-state index contributed by atoms with van der Waals surface area (Å²) in [6.07, 6.45) is 2.44. The van der Waals surface area contributed by atoms with E-state index in [-0.39, 0.29) is 17.4 Å². The number of fused-ring (bicyclic) bond motifs is 1. The van der Waals surface area contributed by atoms with Gasteiger partial charge in [0, 0.05) is 0 Å². The first kappa shape index (κ1) is 13.4. The van der Waals surface area contributed by atoms with Crippen LogP contribution in [0.25, 0.3) is 5.57 Å². The topological polar surface area (TPSA) is 20.2 Å². The Hall–Kier alpha value is -1.08. The molecule has 1 nitrogen and oxygen atoms in total. The lowest BCUT2D eigenvalue weighted by molar-refractivity contribution is 0.331. The molecule has 0 atom stereocenters. The molecule has 0 unspecified atom stereocenters. The summed E-state index contributed by atoms with van der Waals surface area (Å²) in [7, 11) is 0. The molecule has 0 saturated carbocycles. The van der Waals surface area contributed by atoms with E-state index in [0.717, 1.165) is 11.1 Å². The predicted octanol–water partition coefficient (Wildman–Crippen LogP) is 4.04. The summed E-state index contributed by atoms with van der Waals surface area (Å²) in [6, 6.07) is 6.56. The van der Waals surface area contributed by atoms with Crippen molar-refractivity contribution in [2.75, 3.05) is 6.61 Å². The summed E-state index contributed by atoms with van der Waals surface area (Å²) in [5, 5.41) is 9.23. The Morgan fingerprint density at radius 2 is 1.67 bits per heavy atom. The van der Waals surface area contributed by atoms with Crippen LogP contribution >= 0.6 is 0 Å². The highest BCUT2D eigenvalue weighted by atomic mass is 16.3. The van der Waals surface area contributed by atoms with Gasteiger partial charge in [-0.1, -0.05) is 52.5 Å². The summed E-state index contributed by atoms with van der Waals surface area (Å²) in [6.45, 7) is 13.2. The number of benzene rings is 1. The van der Waals surface area contributed by atoms with Crippen LogP contribution in [0.4, 0.5) is 0 Å². The average molecular weight is 244 g/mol. The minimum Gasteiger partial charge on any atom is -0.392 e. The zero-order valence-corrected chi connectivity index (χ0v) is 12.0. The maximum absolute atomic E-state index is 9.23. The fraction of sp³-hybridized carbons (Fsp3) is 0.529. The third-order valence-corrected chi connectivity index (χ3v) is 4.45. The Morgan fingerprint density at radius 3 is 2.22 bits per heavy atom. The molecule has 0 spiro atoms. The van der Waals surface area contributed by atoms with Gasteiger partial charge in [0.25, 0.3) is 0 Å². The first-order valence-corrected chi connectivity index (χ1v) is 6.72. The second-order valence-electron chi connectivity index (χ2n) is 6.79. The Balaban J connectivity index is 2.58. The fourth-order valence-electron chi connectivity index (χ4n) is 2.90. The van der Waals surface area contributed by atoms with Crippen LogP contribution in [-0.4, -0.2) is 11.7 Å². The molecule has 18 heavy (non-hydrogen) atoms. The van der Waals surface area contributed by atoms with E-state index in [9.17, 15) is 5.11 Å². The monoisotopic (exact) mass is 244 g/mol. The molecular formula is C17H24O. The van der Waals surface area contributed by atoms with Crippen LogP contribution in [-0.2, 0) is 10.8 Å². The highest BCUT2D eigenvalue weighted by Crippen LogP contribution is 2.46. The third kappa shape index (κ3) is 2.12. The zero-order chi connectivity index (χ0) is 13.6. The largest absolute Gasteiger partial charge is 0.392 e. The van der Waals surface area contributed by atoms with Crippen LogP contribution in [0.15, 0.2) is 24.8 Å². The van der Waals surface area contributed by atoms with Crippen molar-refractivity contribution in [3.63, 3.8) is 0 Å². The average Bonchev–Trinajstić information content (AvgIpc) is 2.34. The lowest BCUT2D eigenvalue weighted by Gasteiger charge is -2.42. The van der Waals surface area contributed by atoms with E-state index in [1.165, 1.54) is 24.0 Å². The molecule has 2 rings (SSSR count). The van der Waals surface area contributed by atoms with Gasteiger partial charge < -0.3 is 5.11 Å². The van der Waals surface area contributed by atoms with Crippen molar-refractivity contribution in [1.29, 1.82) is 0 Å². The molecular weight excluding hydrogens is 220 g/mol. The summed E-state index contributed by atoms with van der Waals surface area (Å²) in [4.78, 5) is 0. The van der Waals surface area contributed by atoms with Crippen molar-refractivity contribution in [2.24, 2.45) is 0 Å². The first-order chi connectivity index (χ1) is 8.28. The molecule has 1 aromatic carbocycles. The summed E-state index contributed by atoms with van der Waals surface area (Å²) in [5.74, 6) is 0. The Morgan fingerprint density at radius 1 is 1.11 bits per heavy atom. The van der Waals surface area contributed by atoms with Crippen LogP contribution in [0.2, 0.25) is 0 Å². The highest BCUT2D eigenvalue weighted by molar-refractivity contribution is 5.66. The van der Waals surface area contributed by atoms with E-state index in [4.69, 9.17) is 0 Å². The minimum atomic E-state index is 0.0304. The minimum absolute atomic E-state index is 0.0304. The molecule has 98 valence electrons. The third-order valence-electron chi connectivity index (χ3n) is 4.45. The molecule has 1 aromatic rings. The molecule has 1 aliphatic carbocycles. The molecule has 0 radical (unpaired) electrons. The van der Waals surface area contributed by atoms with E-state index >= 15 is 0 Å². The zero-order valence-electron chi connectivity index (χ0n) is 12.0. The maximum Gasteiger partial charge on any atom is 0.0681 e. The van der Waals surface area contributed by atoms with Gasteiger partial charge >= 0.3 is 0 Å². The molecule has 0 bridgehead atoms. The Labute approximate surface area is 111 Å². The molecule has 0 heterocycles. The first-order valence-electron chi connectivity index (χ1n) is 6.72. The number of aliphatic hydroxyl groups excluding tert-OH is 1. The molecule has 0 amide bonds. The van der Waals surface area contributed by atoms with Gasteiger partial charge in [-0.05, 0) is 45.9 Å². The fourth-order valence-corrected chi connectivity index (χ4v) is 2.90. The highest BCUT2D eigenvalue weighted by Gasteiger charge is 2.36. The summed E-state index contributed by atoms with van der Waals surface area (Å²) >= 11 is 0. The Kier molecular flexibility index (Phi) is 3.14. The van der Waals surface area contributed by atoms with Crippen LogP contribution in [0.1, 0.15) is 57.2 Å². The standard InChI is InChI=1S/C17H24O/c1-12(11-18)13-6-7-14-15(10-13)17(4,5)9-8-16(14,2)3/h6-7,10,18H,1,8-9,11H2,2-5H3. The number of aliphatic hydroxyl groups is 1. The van der Waals surface area contributed by atoms with Crippen LogP contribution < -0.4 is 0 Å². The van der Waals surface area contributed by atoms with E-state index < -0.39 is 0 Å². The van der Waals surface area contributed by atoms with Gasteiger partial charge in [-0.3, -0.25) is 0 Å². The van der Waals surface area contributed by atoms with Crippen LogP contribution in [0.3, 0.4) is 0 Å². The van der Waals surface area contributed by atoms with E-state index in [0.29, 0.717) is 0 Å². The molecule has 0 aromatic heterocycles. The molecule has 1 N–H and O–H groups in total. The van der Waals surface area contributed by atoms with Crippen molar-refractivity contribution in [3.8, 4) is 0 Å². The van der Waals surface area contributed by atoms with E-state index in [2.05, 4.69) is 52.5 Å². The number of hydrogen-bond acceptors (Lipinski definition) is 1. The lowest BCUT2D eigenvalue weighted by Crippen LogP contribution is -2.33. The second-order valence-corrected chi connectivity index (χ2v) is 6.79. The normalized spacial score (nSPS) is 20.3.